The zero-order chi connectivity index (χ0) is 14.4. The third-order valence-electron chi connectivity index (χ3n) is 3.03. The van der Waals surface area contributed by atoms with Gasteiger partial charge in [-0.15, -0.1) is 0 Å². The molecule has 0 aliphatic heterocycles. The lowest BCUT2D eigenvalue weighted by Crippen LogP contribution is -2.35. The molecule has 0 spiro atoms. The van der Waals surface area contributed by atoms with Gasteiger partial charge in [0.05, 0.1) is 18.7 Å². The second-order valence-corrected chi connectivity index (χ2v) is 5.81. The molecule has 1 rings (SSSR count). The average molecular weight is 302 g/mol. The number of thioether (sulfide) groups is 1. The van der Waals surface area contributed by atoms with E-state index in [1.807, 2.05) is 7.05 Å². The van der Waals surface area contributed by atoms with Crippen molar-refractivity contribution in [2.75, 3.05) is 32.7 Å². The van der Waals surface area contributed by atoms with Crippen LogP contribution in [0.1, 0.15) is 17.3 Å². The highest BCUT2D eigenvalue weighted by molar-refractivity contribution is 7.98. The molecule has 0 fully saturated rings. The summed E-state index contributed by atoms with van der Waals surface area (Å²) in [6, 6.07) is 5.50. The fraction of sp³-hybridized carbons (Fsp3) is 0.500. The number of hydrogen-bond acceptors (Lipinski definition) is 4. The summed E-state index contributed by atoms with van der Waals surface area (Å²) in [4.78, 5) is 14.2. The first-order valence-electron chi connectivity index (χ1n) is 6.05. The number of nitrogens with zero attached hydrogens (tertiary/aromatic N) is 1. The molecular weight excluding hydrogens is 282 g/mol. The molecule has 3 nitrogen and oxygen atoms in total. The Morgan fingerprint density at radius 2 is 2.21 bits per heavy atom. The largest absolute Gasteiger partial charge is 0.495 e. The summed E-state index contributed by atoms with van der Waals surface area (Å²) in [5, 5.41) is 0.466. The molecule has 0 aromatic heterocycles. The number of carbonyl (C=O) groups excluding carboxylic acids is 1. The molecule has 1 atom stereocenters. The van der Waals surface area contributed by atoms with Crippen molar-refractivity contribution in [2.45, 2.75) is 13.0 Å². The molecular formula is C14H20ClNO2S. The summed E-state index contributed by atoms with van der Waals surface area (Å²) < 4.78 is 5.07. The third kappa shape index (κ3) is 4.71. The number of carbonyl (C=O) groups is 1. The molecule has 0 aliphatic carbocycles. The zero-order valence-electron chi connectivity index (χ0n) is 11.8. The minimum atomic E-state index is 0.0695. The van der Waals surface area contributed by atoms with Gasteiger partial charge in [0.1, 0.15) is 5.75 Å². The van der Waals surface area contributed by atoms with E-state index in [0.717, 1.165) is 5.75 Å². The van der Waals surface area contributed by atoms with Gasteiger partial charge in [0.25, 0.3) is 0 Å². The monoisotopic (exact) mass is 301 g/mol. The van der Waals surface area contributed by atoms with E-state index >= 15 is 0 Å². The Kier molecular flexibility index (Phi) is 6.69. The van der Waals surface area contributed by atoms with Crippen LogP contribution in [0.4, 0.5) is 0 Å². The van der Waals surface area contributed by atoms with Gasteiger partial charge < -0.3 is 4.74 Å². The van der Waals surface area contributed by atoms with Gasteiger partial charge in [-0.3, -0.25) is 9.69 Å². The molecule has 0 saturated carbocycles. The molecule has 1 aromatic carbocycles. The Bertz CT molecular complexity index is 439. The summed E-state index contributed by atoms with van der Waals surface area (Å²) in [7, 11) is 3.52. The number of likely N-dealkylation sites (N-methyl/N-ethyl adjacent to an activating group) is 1. The number of benzene rings is 1. The van der Waals surface area contributed by atoms with Gasteiger partial charge in [-0.1, -0.05) is 11.6 Å². The molecule has 0 radical (unpaired) electrons. The maximum atomic E-state index is 12.2. The Balaban J connectivity index is 2.70. The quantitative estimate of drug-likeness (QED) is 0.723. The van der Waals surface area contributed by atoms with Crippen LogP contribution < -0.4 is 4.74 Å². The number of hydrogen-bond donors (Lipinski definition) is 0. The van der Waals surface area contributed by atoms with Crippen LogP contribution >= 0.6 is 23.4 Å². The highest BCUT2D eigenvalue weighted by Crippen LogP contribution is 2.25. The van der Waals surface area contributed by atoms with Gasteiger partial charge >= 0.3 is 0 Å². The van der Waals surface area contributed by atoms with Crippen molar-refractivity contribution >= 4 is 29.1 Å². The Morgan fingerprint density at radius 3 is 2.74 bits per heavy atom. The number of ether oxygens (including phenoxy) is 1. The van der Waals surface area contributed by atoms with Crippen LogP contribution in [0.2, 0.25) is 5.02 Å². The van der Waals surface area contributed by atoms with Crippen LogP contribution in [0, 0.1) is 0 Å². The Labute approximate surface area is 124 Å². The van der Waals surface area contributed by atoms with E-state index in [2.05, 4.69) is 18.1 Å². The van der Waals surface area contributed by atoms with Crippen molar-refractivity contribution in [3.8, 4) is 5.75 Å². The van der Waals surface area contributed by atoms with Crippen LogP contribution in [0.5, 0.6) is 5.75 Å². The smallest absolute Gasteiger partial charge is 0.176 e. The number of halogens is 1. The first-order chi connectivity index (χ1) is 8.99. The van der Waals surface area contributed by atoms with E-state index in [4.69, 9.17) is 16.3 Å². The van der Waals surface area contributed by atoms with E-state index < -0.39 is 0 Å². The second kappa shape index (κ2) is 7.78. The van der Waals surface area contributed by atoms with Crippen LogP contribution in [0.25, 0.3) is 0 Å². The molecule has 0 saturated heterocycles. The first-order valence-corrected chi connectivity index (χ1v) is 7.82. The van der Waals surface area contributed by atoms with Crippen LogP contribution in [0.15, 0.2) is 18.2 Å². The van der Waals surface area contributed by atoms with Crippen molar-refractivity contribution in [1.29, 1.82) is 0 Å². The maximum absolute atomic E-state index is 12.2. The van der Waals surface area contributed by atoms with Gasteiger partial charge in [0.15, 0.2) is 5.78 Å². The van der Waals surface area contributed by atoms with Crippen LogP contribution in [0.3, 0.4) is 0 Å². The summed E-state index contributed by atoms with van der Waals surface area (Å²) in [5.74, 6) is 1.66. The summed E-state index contributed by atoms with van der Waals surface area (Å²) in [6.45, 7) is 2.51. The minimum absolute atomic E-state index is 0.0695. The molecule has 0 amide bonds. The highest BCUT2D eigenvalue weighted by atomic mass is 35.5. The molecule has 1 aromatic rings. The van der Waals surface area contributed by atoms with Crippen LogP contribution in [-0.4, -0.2) is 49.4 Å². The van der Waals surface area contributed by atoms with Crippen molar-refractivity contribution in [2.24, 2.45) is 0 Å². The predicted molar refractivity (Wildman–Crippen MR) is 82.8 cm³/mol. The summed E-state index contributed by atoms with van der Waals surface area (Å²) >= 11 is 7.81. The van der Waals surface area contributed by atoms with Crippen LogP contribution in [-0.2, 0) is 0 Å². The fourth-order valence-electron chi connectivity index (χ4n) is 1.68. The Morgan fingerprint density at radius 1 is 1.53 bits per heavy atom. The molecule has 1 unspecified atom stereocenters. The topological polar surface area (TPSA) is 29.5 Å². The number of ketones is 1. The number of rotatable bonds is 7. The number of Topliss-reactive ketones (excluding diaryl/α,β-unsaturated/α-hetero) is 1. The summed E-state index contributed by atoms with van der Waals surface area (Å²) in [5.41, 5.74) is 0.619. The zero-order valence-corrected chi connectivity index (χ0v) is 13.3. The summed E-state index contributed by atoms with van der Waals surface area (Å²) in [6.07, 6.45) is 2.06. The van der Waals surface area contributed by atoms with Gasteiger partial charge in [-0.25, -0.2) is 0 Å². The minimum Gasteiger partial charge on any atom is -0.495 e. The molecule has 0 bridgehead atoms. The lowest BCUT2D eigenvalue weighted by atomic mass is 10.1. The Hall–Kier alpha value is -0.710. The SMILES string of the molecule is COc1ccc(C(=O)CN(C)C(C)CSC)cc1Cl. The first kappa shape index (κ1) is 16.3. The lowest BCUT2D eigenvalue weighted by molar-refractivity contribution is 0.0931. The van der Waals surface area contributed by atoms with Gasteiger partial charge in [-0.2, -0.15) is 11.8 Å². The van der Waals surface area contributed by atoms with Gasteiger partial charge in [0, 0.05) is 17.4 Å². The number of methoxy groups -OCH3 is 1. The third-order valence-corrected chi connectivity index (χ3v) is 4.14. The maximum Gasteiger partial charge on any atom is 0.176 e. The average Bonchev–Trinajstić information content (AvgIpc) is 2.38. The van der Waals surface area contributed by atoms with Gasteiger partial charge in [0.2, 0.25) is 0 Å². The van der Waals surface area contributed by atoms with Crippen molar-refractivity contribution in [1.82, 2.24) is 4.90 Å². The molecule has 0 aliphatic rings. The standard InChI is InChI=1S/C14H20ClNO2S/c1-10(9-19-4)16(2)8-13(17)11-5-6-14(18-3)12(15)7-11/h5-7,10H,8-9H2,1-4H3. The molecule has 0 heterocycles. The van der Waals surface area contributed by atoms with Crippen molar-refractivity contribution in [3.63, 3.8) is 0 Å². The lowest BCUT2D eigenvalue weighted by Gasteiger charge is -2.23. The molecule has 5 heteroatoms. The van der Waals surface area contributed by atoms with Crippen molar-refractivity contribution in [3.05, 3.63) is 28.8 Å². The fourth-order valence-corrected chi connectivity index (χ4v) is 2.68. The van der Waals surface area contributed by atoms with E-state index in [1.165, 1.54) is 0 Å². The molecule has 19 heavy (non-hydrogen) atoms. The normalized spacial score (nSPS) is 12.5. The van der Waals surface area contributed by atoms with E-state index in [0.29, 0.717) is 28.9 Å². The second-order valence-electron chi connectivity index (χ2n) is 4.49. The van der Waals surface area contributed by atoms with Gasteiger partial charge in [-0.05, 0) is 38.4 Å². The van der Waals surface area contributed by atoms with Crippen molar-refractivity contribution < 1.29 is 9.53 Å². The molecule has 106 valence electrons. The van der Waals surface area contributed by atoms with E-state index in [-0.39, 0.29) is 5.78 Å². The highest BCUT2D eigenvalue weighted by Gasteiger charge is 2.15. The molecule has 0 N–H and O–H groups in total. The predicted octanol–water partition coefficient (Wildman–Crippen LogP) is 3.21. The van der Waals surface area contributed by atoms with E-state index in [1.54, 1.807) is 37.1 Å². The van der Waals surface area contributed by atoms with E-state index in [9.17, 15) is 4.79 Å².